The predicted octanol–water partition coefficient (Wildman–Crippen LogP) is 3.90. The molecule has 0 aliphatic heterocycles. The fourth-order valence-corrected chi connectivity index (χ4v) is 3.09. The van der Waals surface area contributed by atoms with E-state index in [1.165, 1.54) is 12.8 Å². The molecule has 0 heterocycles. The normalized spacial score (nSPS) is 12.0. The molecule has 148 valence electrons. The molecule has 0 bridgehead atoms. The zero-order valence-electron chi connectivity index (χ0n) is 16.7. The molecule has 0 fully saturated rings. The van der Waals surface area contributed by atoms with Crippen molar-refractivity contribution in [3.8, 4) is 0 Å². The average molecular weight is 349 g/mol. The van der Waals surface area contributed by atoms with Crippen molar-refractivity contribution in [1.29, 1.82) is 0 Å². The smallest absolute Gasteiger partial charge is 0.0509 e. The van der Waals surface area contributed by atoms with E-state index in [4.69, 9.17) is 20.4 Å². The van der Waals surface area contributed by atoms with E-state index in [0.29, 0.717) is 0 Å². The number of aliphatic hydroxyl groups excluding tert-OH is 4. The summed E-state index contributed by atoms with van der Waals surface area (Å²) in [6.45, 7) is 9.19. The van der Waals surface area contributed by atoms with E-state index in [9.17, 15) is 0 Å². The second kappa shape index (κ2) is 16.3. The molecule has 0 aliphatic rings. The Hall–Kier alpha value is -0.160. The van der Waals surface area contributed by atoms with Gasteiger partial charge in [0.05, 0.1) is 13.2 Å². The van der Waals surface area contributed by atoms with Crippen LogP contribution in [0.1, 0.15) is 91.9 Å². The van der Waals surface area contributed by atoms with E-state index in [1.54, 1.807) is 0 Å². The summed E-state index contributed by atoms with van der Waals surface area (Å²) >= 11 is 0. The van der Waals surface area contributed by atoms with Gasteiger partial charge >= 0.3 is 0 Å². The molecule has 0 amide bonds. The van der Waals surface area contributed by atoms with E-state index in [0.717, 1.165) is 51.4 Å². The van der Waals surface area contributed by atoms with Crippen molar-refractivity contribution in [1.82, 2.24) is 0 Å². The minimum atomic E-state index is -0.212. The van der Waals surface area contributed by atoms with Gasteiger partial charge in [-0.2, -0.15) is 0 Å². The third kappa shape index (κ3) is 10.7. The van der Waals surface area contributed by atoms with Crippen molar-refractivity contribution in [2.45, 2.75) is 91.9 Å². The Bertz CT molecular complexity index is 238. The molecule has 0 saturated carbocycles. The van der Waals surface area contributed by atoms with Gasteiger partial charge in [0.25, 0.3) is 0 Å². The fraction of sp³-hybridized carbons (Fsp3) is 1.00. The lowest BCUT2D eigenvalue weighted by molar-refractivity contribution is 0.0420. The summed E-state index contributed by atoms with van der Waals surface area (Å²) in [5.41, 5.74) is -0.0183. The van der Waals surface area contributed by atoms with Gasteiger partial charge in [-0.15, -0.1) is 0 Å². The average Bonchev–Trinajstić information content (AvgIpc) is 2.62. The Morgan fingerprint density at radius 2 is 0.917 bits per heavy atom. The zero-order valence-corrected chi connectivity index (χ0v) is 16.7. The third-order valence-electron chi connectivity index (χ3n) is 5.58. The van der Waals surface area contributed by atoms with Crippen molar-refractivity contribution >= 4 is 0 Å². The SMILES string of the molecule is CCCCC(CC)(CCO)CCO.CCCCC(CC)(CO)CO. The Morgan fingerprint density at radius 1 is 0.542 bits per heavy atom. The van der Waals surface area contributed by atoms with Crippen LogP contribution in [0.25, 0.3) is 0 Å². The van der Waals surface area contributed by atoms with Crippen molar-refractivity contribution < 1.29 is 20.4 Å². The molecule has 0 atom stereocenters. The van der Waals surface area contributed by atoms with Gasteiger partial charge in [-0.3, -0.25) is 0 Å². The minimum absolute atomic E-state index is 0.111. The monoisotopic (exact) mass is 348 g/mol. The lowest BCUT2D eigenvalue weighted by Crippen LogP contribution is -2.28. The molecular formula is C20H44O4. The van der Waals surface area contributed by atoms with Gasteiger partial charge in [-0.1, -0.05) is 59.8 Å². The number of hydrogen-bond donors (Lipinski definition) is 4. The van der Waals surface area contributed by atoms with Crippen molar-refractivity contribution in [2.75, 3.05) is 26.4 Å². The van der Waals surface area contributed by atoms with Crippen molar-refractivity contribution in [3.05, 3.63) is 0 Å². The van der Waals surface area contributed by atoms with Gasteiger partial charge in [-0.25, -0.2) is 0 Å². The summed E-state index contributed by atoms with van der Waals surface area (Å²) in [4.78, 5) is 0. The van der Waals surface area contributed by atoms with Crippen LogP contribution in [-0.4, -0.2) is 46.9 Å². The molecule has 0 saturated heterocycles. The van der Waals surface area contributed by atoms with Crippen LogP contribution in [0.3, 0.4) is 0 Å². The van der Waals surface area contributed by atoms with E-state index in [-0.39, 0.29) is 37.3 Å². The highest BCUT2D eigenvalue weighted by Crippen LogP contribution is 2.35. The molecule has 24 heavy (non-hydrogen) atoms. The van der Waals surface area contributed by atoms with Crippen LogP contribution in [0.4, 0.5) is 0 Å². The third-order valence-corrected chi connectivity index (χ3v) is 5.58. The molecule has 0 aromatic heterocycles. The Balaban J connectivity index is 0. The van der Waals surface area contributed by atoms with Crippen LogP contribution in [0.5, 0.6) is 0 Å². The van der Waals surface area contributed by atoms with Crippen molar-refractivity contribution in [3.63, 3.8) is 0 Å². The van der Waals surface area contributed by atoms with Crippen LogP contribution in [0.2, 0.25) is 0 Å². The summed E-state index contributed by atoms with van der Waals surface area (Å²) in [6.07, 6.45) is 10.3. The van der Waals surface area contributed by atoms with Gasteiger partial charge in [0, 0.05) is 18.6 Å². The van der Waals surface area contributed by atoms with Gasteiger partial charge < -0.3 is 20.4 Å². The molecule has 0 rings (SSSR count). The number of unbranched alkanes of at least 4 members (excludes halogenated alkanes) is 2. The lowest BCUT2D eigenvalue weighted by Gasteiger charge is -2.31. The van der Waals surface area contributed by atoms with Crippen LogP contribution in [0.15, 0.2) is 0 Å². The number of aliphatic hydroxyl groups is 4. The van der Waals surface area contributed by atoms with Gasteiger partial charge in [0.1, 0.15) is 0 Å². The molecule has 4 nitrogen and oxygen atoms in total. The Morgan fingerprint density at radius 3 is 1.17 bits per heavy atom. The molecule has 0 spiro atoms. The molecular weight excluding hydrogens is 304 g/mol. The second-order valence-corrected chi connectivity index (χ2v) is 7.18. The molecule has 0 aromatic rings. The van der Waals surface area contributed by atoms with Crippen LogP contribution in [0, 0.1) is 10.8 Å². The Kier molecular flexibility index (Phi) is 17.7. The summed E-state index contributed by atoms with van der Waals surface area (Å²) in [5.74, 6) is 0. The number of hydrogen-bond acceptors (Lipinski definition) is 4. The minimum Gasteiger partial charge on any atom is -0.396 e. The van der Waals surface area contributed by atoms with Gasteiger partial charge in [0.2, 0.25) is 0 Å². The summed E-state index contributed by atoms with van der Waals surface area (Å²) in [7, 11) is 0. The standard InChI is InChI=1S/C11H24O2.C9H20O2/c1-3-5-6-11(4-2,7-9-12)8-10-13;1-3-5-6-9(4-2,7-10)8-11/h12-13H,3-10H2,1-2H3;10-11H,3-8H2,1-2H3. The lowest BCUT2D eigenvalue weighted by atomic mass is 9.75. The maximum Gasteiger partial charge on any atom is 0.0509 e. The van der Waals surface area contributed by atoms with E-state index >= 15 is 0 Å². The van der Waals surface area contributed by atoms with Crippen LogP contribution < -0.4 is 0 Å². The highest BCUT2D eigenvalue weighted by Gasteiger charge is 2.26. The highest BCUT2D eigenvalue weighted by atomic mass is 16.3. The van der Waals surface area contributed by atoms with E-state index < -0.39 is 0 Å². The number of rotatable bonds is 14. The van der Waals surface area contributed by atoms with E-state index in [1.807, 2.05) is 6.92 Å². The summed E-state index contributed by atoms with van der Waals surface area (Å²) in [5, 5.41) is 36.0. The molecule has 0 aliphatic carbocycles. The molecule has 0 aromatic carbocycles. The maximum atomic E-state index is 9.04. The van der Waals surface area contributed by atoms with Gasteiger partial charge in [-0.05, 0) is 37.5 Å². The molecule has 0 unspecified atom stereocenters. The Labute approximate surface area is 150 Å². The largest absolute Gasteiger partial charge is 0.396 e. The molecule has 4 N–H and O–H groups in total. The molecule has 0 radical (unpaired) electrons. The van der Waals surface area contributed by atoms with Crippen molar-refractivity contribution in [2.24, 2.45) is 10.8 Å². The first-order valence-corrected chi connectivity index (χ1v) is 9.92. The van der Waals surface area contributed by atoms with E-state index in [2.05, 4.69) is 20.8 Å². The first-order valence-electron chi connectivity index (χ1n) is 9.92. The van der Waals surface area contributed by atoms with Crippen LogP contribution >= 0.6 is 0 Å². The van der Waals surface area contributed by atoms with Crippen LogP contribution in [-0.2, 0) is 0 Å². The maximum absolute atomic E-state index is 9.04. The molecule has 4 heteroatoms. The summed E-state index contributed by atoms with van der Waals surface area (Å²) in [6, 6.07) is 0. The topological polar surface area (TPSA) is 80.9 Å². The fourth-order valence-electron chi connectivity index (χ4n) is 3.09. The zero-order chi connectivity index (χ0) is 18.9. The second-order valence-electron chi connectivity index (χ2n) is 7.18. The first kappa shape index (κ1) is 26.1. The predicted molar refractivity (Wildman–Crippen MR) is 102 cm³/mol. The highest BCUT2D eigenvalue weighted by molar-refractivity contribution is 4.77. The first-order chi connectivity index (χ1) is 11.5. The quantitative estimate of drug-likeness (QED) is 0.384. The van der Waals surface area contributed by atoms with Gasteiger partial charge in [0.15, 0.2) is 0 Å². The summed E-state index contributed by atoms with van der Waals surface area (Å²) < 4.78 is 0.